The average Bonchev–Trinajstić information content (AvgIpc) is 1.64. The van der Waals surface area contributed by atoms with Gasteiger partial charge >= 0.3 is 29.3 Å². The third-order valence-corrected chi connectivity index (χ3v) is 17.8. The minimum absolute atomic E-state index is 0. The maximum absolute atomic E-state index is 13.8. The van der Waals surface area contributed by atoms with Gasteiger partial charge in [-0.2, -0.15) is 21.9 Å². The van der Waals surface area contributed by atoms with Crippen molar-refractivity contribution in [3.63, 3.8) is 0 Å². The van der Waals surface area contributed by atoms with E-state index in [0.29, 0.717) is 129 Å². The minimum Gasteiger partial charge on any atom is -0.480 e. The smallest absolute Gasteiger partial charge is 0.480 e. The number of halogens is 1. The Kier molecular flexibility index (Phi) is 18.0. The third-order valence-electron chi connectivity index (χ3n) is 16.1. The molecule has 21 nitrogen and oxygen atoms in total. The minimum atomic E-state index is -4.55. The quantitative estimate of drug-likeness (QED) is 0.0395. The molecule has 0 unspecified atom stereocenters. The molecule has 25 heteroatoms. The Morgan fingerprint density at radius 1 is 0.494 bits per heavy atom. The van der Waals surface area contributed by atoms with E-state index in [1.165, 1.54) is 29.3 Å². The first-order chi connectivity index (χ1) is 40.3. The SMILES string of the molecule is CC1(C)c2ccc(-c3c4nc(c(-c5ccc(S(=O)(=O)O)cc5)c5ccc([nH]5)c(-c5ccc(NC(=O)CN6CCN(CC(=O)O)CCN(CC(=O)O)CC6)cc5)c5nc(c(-c6ccc(S(=O)(=O)O)cc6)c6ccc3[nH]6)C=C5)C=C4)cc2C(C)(C)N1O.[18FH].[Al+3]. The van der Waals surface area contributed by atoms with Gasteiger partial charge in [0.05, 0.1) is 63.3 Å². The Balaban J connectivity index is 0.00000451. The van der Waals surface area contributed by atoms with Gasteiger partial charge in [-0.1, -0.05) is 48.5 Å². The Labute approximate surface area is 511 Å². The molecule has 0 aliphatic carbocycles. The zero-order valence-electron chi connectivity index (χ0n) is 47.7. The number of fused-ring (bicyclic) bond motifs is 9. The van der Waals surface area contributed by atoms with E-state index >= 15 is 0 Å². The van der Waals surface area contributed by atoms with E-state index in [2.05, 4.69) is 21.4 Å². The molecule has 8 bridgehead atoms. The van der Waals surface area contributed by atoms with Gasteiger partial charge in [-0.3, -0.25) is 42.9 Å². The molecule has 0 radical (unpaired) electrons. The van der Waals surface area contributed by atoms with Crippen LogP contribution in [-0.2, 0) is 45.7 Å². The van der Waals surface area contributed by atoms with Gasteiger partial charge in [0.15, 0.2) is 0 Å². The van der Waals surface area contributed by atoms with E-state index in [1.807, 2.05) is 105 Å². The Hall–Kier alpha value is -8.03. The van der Waals surface area contributed by atoms with Crippen molar-refractivity contribution in [3.8, 4) is 44.5 Å². The monoisotopic (exact) mass is 1230 g/mol. The van der Waals surface area contributed by atoms with Gasteiger partial charge in [-0.15, -0.1) is 0 Å². The maximum atomic E-state index is 13.8. The van der Waals surface area contributed by atoms with Crippen molar-refractivity contribution >= 4 is 108 Å². The second-order valence-electron chi connectivity index (χ2n) is 22.4. The van der Waals surface area contributed by atoms with Crippen molar-refractivity contribution in [2.45, 2.75) is 48.6 Å². The summed E-state index contributed by atoms with van der Waals surface area (Å²) >= 11 is 0. The van der Waals surface area contributed by atoms with Crippen molar-refractivity contribution in [1.82, 2.24) is 39.7 Å². The fourth-order valence-corrected chi connectivity index (χ4v) is 12.8. The van der Waals surface area contributed by atoms with Crippen LogP contribution in [0.25, 0.3) is 90.9 Å². The van der Waals surface area contributed by atoms with Gasteiger partial charge in [0, 0.05) is 89.3 Å². The molecule has 7 aromatic rings. The van der Waals surface area contributed by atoms with Gasteiger partial charge < -0.3 is 30.7 Å². The molecule has 1 saturated heterocycles. The van der Waals surface area contributed by atoms with E-state index in [0.717, 1.165) is 16.7 Å². The number of benzene rings is 4. The van der Waals surface area contributed by atoms with Gasteiger partial charge in [0.1, 0.15) is 0 Å². The normalized spacial score (nSPS) is 16.2. The van der Waals surface area contributed by atoms with Crippen LogP contribution in [0.5, 0.6) is 0 Å². The first-order valence-corrected chi connectivity index (χ1v) is 30.2. The second kappa shape index (κ2) is 24.6. The number of hydrogen-bond donors (Lipinski definition) is 8. The van der Waals surface area contributed by atoms with E-state index in [-0.39, 0.29) is 57.4 Å². The van der Waals surface area contributed by atoms with Gasteiger partial charge in [-0.25, -0.2) is 9.97 Å². The zero-order valence-corrected chi connectivity index (χ0v) is 50.5. The van der Waals surface area contributed by atoms with Crippen LogP contribution in [0.2, 0.25) is 0 Å². The Morgan fingerprint density at radius 2 is 0.816 bits per heavy atom. The number of H-pyrrole nitrogens is 2. The number of carboxylic acid groups (broad SMARTS) is 2. The number of hydroxylamine groups is 2. The fourth-order valence-electron chi connectivity index (χ4n) is 11.8. The molecule has 0 saturated carbocycles. The number of carboxylic acids is 2. The van der Waals surface area contributed by atoms with Gasteiger partial charge in [-0.05, 0) is 152 Å². The molecule has 4 aromatic carbocycles. The van der Waals surface area contributed by atoms with Crippen LogP contribution in [0, 0.1) is 0 Å². The molecule has 446 valence electrons. The number of aliphatic carboxylic acids is 2. The number of nitrogens with one attached hydrogen (secondary N) is 3. The summed E-state index contributed by atoms with van der Waals surface area (Å²) in [4.78, 5) is 59.7. The zero-order chi connectivity index (χ0) is 60.3. The summed E-state index contributed by atoms with van der Waals surface area (Å²) in [6.07, 6.45) is 7.47. The van der Waals surface area contributed by atoms with E-state index in [9.17, 15) is 55.7 Å². The van der Waals surface area contributed by atoms with Gasteiger partial charge in [0.2, 0.25) is 5.91 Å². The van der Waals surface area contributed by atoms with Crippen molar-refractivity contribution in [2.24, 2.45) is 0 Å². The number of aromatic amines is 2. The Bertz CT molecular complexity index is 4240. The predicted molar refractivity (Wildman–Crippen MR) is 331 cm³/mol. The van der Waals surface area contributed by atoms with Crippen LogP contribution in [0.4, 0.5) is 10.4 Å². The van der Waals surface area contributed by atoms with Crippen LogP contribution in [0.1, 0.15) is 61.6 Å². The average molecular weight is 1230 g/mol. The molecule has 11 rings (SSSR count). The molecule has 7 heterocycles. The predicted octanol–water partition coefficient (Wildman–Crippen LogP) is 8.79. The van der Waals surface area contributed by atoms with E-state index in [4.69, 9.17) is 9.97 Å². The van der Waals surface area contributed by atoms with Crippen LogP contribution in [-0.4, -0.2) is 175 Å². The number of aromatic nitrogens is 4. The summed E-state index contributed by atoms with van der Waals surface area (Å²) in [5.41, 5.74) is 10.4. The summed E-state index contributed by atoms with van der Waals surface area (Å²) in [5, 5.41) is 34.9. The maximum Gasteiger partial charge on any atom is 3.00 e. The van der Waals surface area contributed by atoms with E-state index in [1.54, 1.807) is 46.2 Å². The first kappa shape index (κ1) is 63.5. The second-order valence-corrected chi connectivity index (χ2v) is 25.3. The van der Waals surface area contributed by atoms with Crippen molar-refractivity contribution < 1.29 is 60.4 Å². The Morgan fingerprint density at radius 3 is 1.17 bits per heavy atom. The molecule has 0 atom stereocenters. The topological polar surface area (TPSA) is 303 Å². The molecule has 1 amide bonds. The summed E-state index contributed by atoms with van der Waals surface area (Å²) in [6, 6.07) is 32.5. The van der Waals surface area contributed by atoms with Crippen LogP contribution < -0.4 is 5.32 Å². The molecule has 1 fully saturated rings. The van der Waals surface area contributed by atoms with Crippen molar-refractivity contribution in [2.75, 3.05) is 64.2 Å². The summed E-state index contributed by atoms with van der Waals surface area (Å²) in [7, 11) is -9.10. The summed E-state index contributed by atoms with van der Waals surface area (Å²) in [5.74, 6) is -2.35. The number of anilines is 1. The summed E-state index contributed by atoms with van der Waals surface area (Å²) in [6.45, 7) is 9.53. The number of carbonyl (C=O) groups is 3. The third kappa shape index (κ3) is 13.0. The van der Waals surface area contributed by atoms with E-state index < -0.39 is 43.3 Å². The number of nitrogens with zero attached hydrogens (tertiary/aromatic N) is 6. The standard InChI is InChI=1S/C62H61N9O12S2.Al.FH/c1-61(2)44-18-11-40(33-45(44)62(3,4)71(61)77)60-52-25-23-50(66-52)58(38-7-14-42(15-8-38)84(78,79)80)48-21-19-46(64-48)57(47-20-22-49(65-47)59(51-24-26-53(60)67-51)39-9-16-43(17-10-39)85(81,82)83)37-5-12-41(13-6-37)63-54(72)34-68-27-29-69(35-55(73)74)31-32-70(30-28-68)36-56(75)76;;/h5-26,33,64,67,77H,27-32,34-36H2,1-4H3,(H,63,72)(H,73,74)(H,75,76)(H,78,79,80)(H,81,82,83);;1H/q;+3;/i;;1-1. The van der Waals surface area contributed by atoms with Crippen LogP contribution in [0.3, 0.4) is 0 Å². The number of amides is 1. The largest absolute Gasteiger partial charge is 3.00 e. The molecule has 0 spiro atoms. The first-order valence-electron chi connectivity index (χ1n) is 27.3. The number of hydrogen-bond acceptors (Lipinski definition) is 14. The number of carbonyl (C=O) groups excluding carboxylic acids is 1. The van der Waals surface area contributed by atoms with Crippen LogP contribution >= 0.6 is 0 Å². The molecule has 87 heavy (non-hydrogen) atoms. The van der Waals surface area contributed by atoms with Crippen molar-refractivity contribution in [1.29, 1.82) is 0 Å². The molecule has 4 aliphatic rings. The number of rotatable bonds is 13. The molecular formula is C62H62AlFN9O12S2+3. The fraction of sp³-hybridized carbons (Fsp3) is 0.242. The molecule has 8 N–H and O–H groups in total. The van der Waals surface area contributed by atoms with Crippen LogP contribution in [0.15, 0.2) is 125 Å². The van der Waals surface area contributed by atoms with Gasteiger partial charge in [0.25, 0.3) is 20.2 Å². The summed E-state index contributed by atoms with van der Waals surface area (Å²) < 4.78 is 69.3. The molecule has 4 aliphatic heterocycles. The molecule has 3 aromatic heterocycles. The molecular weight excluding hydrogens is 1170 g/mol. The van der Waals surface area contributed by atoms with Crippen molar-refractivity contribution in [3.05, 3.63) is 149 Å².